The van der Waals surface area contributed by atoms with E-state index >= 15 is 0 Å². The summed E-state index contributed by atoms with van der Waals surface area (Å²) in [6, 6.07) is 0. The number of nitrogens with zero attached hydrogens (tertiary/aromatic N) is 1. The number of guanidine groups is 1. The molecule has 0 saturated heterocycles. The third-order valence-corrected chi connectivity index (χ3v) is 3.41. The van der Waals surface area contributed by atoms with E-state index in [0.717, 1.165) is 51.5 Å². The summed E-state index contributed by atoms with van der Waals surface area (Å²) in [5.74, 6) is 0.812. The molecule has 26 heavy (non-hydrogen) atoms. The van der Waals surface area contributed by atoms with E-state index in [1.165, 1.54) is 5.57 Å². The van der Waals surface area contributed by atoms with Crippen molar-refractivity contribution in [1.29, 1.82) is 0 Å². The van der Waals surface area contributed by atoms with Crippen LogP contribution >= 0.6 is 24.0 Å². The molecule has 1 rings (SSSR count). The summed E-state index contributed by atoms with van der Waals surface area (Å²) in [7, 11) is 0. The van der Waals surface area contributed by atoms with Gasteiger partial charge in [-0.3, -0.25) is 4.99 Å². The molecule has 152 valence electrons. The van der Waals surface area contributed by atoms with Crippen molar-refractivity contribution in [1.82, 2.24) is 16.0 Å². The molecule has 0 bridgehead atoms. The van der Waals surface area contributed by atoms with Gasteiger partial charge in [0.2, 0.25) is 0 Å². The Kier molecular flexibility index (Phi) is 13.5. The lowest BCUT2D eigenvalue weighted by atomic mass is 10.1. The average Bonchev–Trinajstić information content (AvgIpc) is 2.54. The summed E-state index contributed by atoms with van der Waals surface area (Å²) < 4.78 is 10.5. The number of aliphatic imine (C=N–C) groups is 1. The van der Waals surface area contributed by atoms with Crippen molar-refractivity contribution in [3.63, 3.8) is 0 Å². The Balaban J connectivity index is 0.00000625. The van der Waals surface area contributed by atoms with Crippen LogP contribution in [0.15, 0.2) is 16.6 Å². The van der Waals surface area contributed by atoms with Gasteiger partial charge in [-0.2, -0.15) is 0 Å². The number of rotatable bonds is 8. The molecular formula is C18H35IN4O3. The van der Waals surface area contributed by atoms with Gasteiger partial charge in [0.1, 0.15) is 5.60 Å². The molecule has 1 heterocycles. The zero-order chi connectivity index (χ0) is 18.5. The second-order valence-corrected chi connectivity index (χ2v) is 6.91. The Morgan fingerprint density at radius 3 is 2.65 bits per heavy atom. The topological polar surface area (TPSA) is 84.0 Å². The lowest BCUT2D eigenvalue weighted by molar-refractivity contribution is 0.0527. The largest absolute Gasteiger partial charge is 0.444 e. The van der Waals surface area contributed by atoms with Gasteiger partial charge >= 0.3 is 6.09 Å². The minimum Gasteiger partial charge on any atom is -0.444 e. The second-order valence-electron chi connectivity index (χ2n) is 6.91. The first-order valence-electron chi connectivity index (χ1n) is 9.15. The van der Waals surface area contributed by atoms with Gasteiger partial charge in [-0.15, -0.1) is 24.0 Å². The van der Waals surface area contributed by atoms with Crippen LogP contribution in [0.1, 0.15) is 47.0 Å². The molecule has 0 aromatic carbocycles. The predicted molar refractivity (Wildman–Crippen MR) is 116 cm³/mol. The fraction of sp³-hybridized carbons (Fsp3) is 0.778. The van der Waals surface area contributed by atoms with Crippen LogP contribution < -0.4 is 16.0 Å². The first-order valence-corrected chi connectivity index (χ1v) is 9.15. The van der Waals surface area contributed by atoms with Gasteiger partial charge in [0, 0.05) is 26.2 Å². The minimum atomic E-state index is -0.468. The van der Waals surface area contributed by atoms with E-state index in [1.807, 2.05) is 27.7 Å². The summed E-state index contributed by atoms with van der Waals surface area (Å²) in [5, 5.41) is 9.32. The summed E-state index contributed by atoms with van der Waals surface area (Å²) in [4.78, 5) is 16.1. The van der Waals surface area contributed by atoms with E-state index in [-0.39, 0.29) is 30.1 Å². The standard InChI is InChI=1S/C18H34N4O3.HI/c1-5-19-16(21-12-7-15-8-13-24-14-9-15)20-10-6-11-22-17(23)25-18(2,3)4;/h8H,5-7,9-14H2,1-4H3,(H,22,23)(H2,19,20,21);1H. The van der Waals surface area contributed by atoms with Crippen LogP contribution in [0.2, 0.25) is 0 Å². The molecule has 7 nitrogen and oxygen atoms in total. The van der Waals surface area contributed by atoms with Crippen LogP contribution in [0.4, 0.5) is 4.79 Å². The zero-order valence-corrected chi connectivity index (χ0v) is 18.9. The monoisotopic (exact) mass is 482 g/mol. The molecule has 0 aromatic heterocycles. The molecule has 3 N–H and O–H groups in total. The fourth-order valence-electron chi connectivity index (χ4n) is 2.25. The van der Waals surface area contributed by atoms with Crippen LogP contribution in [0.5, 0.6) is 0 Å². The zero-order valence-electron chi connectivity index (χ0n) is 16.5. The Bertz CT molecular complexity index is 462. The van der Waals surface area contributed by atoms with E-state index in [4.69, 9.17) is 9.47 Å². The van der Waals surface area contributed by atoms with Crippen molar-refractivity contribution in [2.24, 2.45) is 4.99 Å². The van der Waals surface area contributed by atoms with E-state index in [9.17, 15) is 4.79 Å². The van der Waals surface area contributed by atoms with Gasteiger partial charge in [-0.05, 0) is 47.0 Å². The molecular weight excluding hydrogens is 447 g/mol. The molecule has 0 radical (unpaired) electrons. The number of ether oxygens (including phenoxy) is 2. The van der Waals surface area contributed by atoms with Crippen molar-refractivity contribution in [3.05, 3.63) is 11.6 Å². The first-order chi connectivity index (χ1) is 11.9. The quantitative estimate of drug-likeness (QED) is 0.163. The van der Waals surface area contributed by atoms with Crippen LogP contribution in [-0.2, 0) is 9.47 Å². The SMILES string of the molecule is CCNC(=NCCCNC(=O)OC(C)(C)C)NCCC1=CCOCC1.I. The lowest BCUT2D eigenvalue weighted by Gasteiger charge is -2.19. The molecule has 0 spiro atoms. The molecule has 0 atom stereocenters. The summed E-state index contributed by atoms with van der Waals surface area (Å²) >= 11 is 0. The highest BCUT2D eigenvalue weighted by Gasteiger charge is 2.15. The Hall–Kier alpha value is -1.03. The van der Waals surface area contributed by atoms with Crippen molar-refractivity contribution < 1.29 is 14.3 Å². The van der Waals surface area contributed by atoms with Gasteiger partial charge < -0.3 is 25.4 Å². The molecule has 1 aliphatic heterocycles. The number of nitrogens with one attached hydrogen (secondary N) is 3. The van der Waals surface area contributed by atoms with Gasteiger partial charge in [-0.25, -0.2) is 4.79 Å². The van der Waals surface area contributed by atoms with Gasteiger partial charge in [-0.1, -0.05) is 11.6 Å². The smallest absolute Gasteiger partial charge is 0.407 e. The molecule has 0 fully saturated rings. The van der Waals surface area contributed by atoms with Crippen molar-refractivity contribution in [2.45, 2.75) is 52.6 Å². The molecule has 0 unspecified atom stereocenters. The van der Waals surface area contributed by atoms with E-state index in [2.05, 4.69) is 27.0 Å². The highest BCUT2D eigenvalue weighted by Crippen LogP contribution is 2.10. The van der Waals surface area contributed by atoms with Crippen LogP contribution in [0.25, 0.3) is 0 Å². The van der Waals surface area contributed by atoms with Crippen LogP contribution in [0.3, 0.4) is 0 Å². The summed E-state index contributed by atoms with van der Waals surface area (Å²) in [6.45, 7) is 12.0. The van der Waals surface area contributed by atoms with Gasteiger partial charge in [0.25, 0.3) is 0 Å². The summed E-state index contributed by atoms with van der Waals surface area (Å²) in [6.07, 6.45) is 4.57. The van der Waals surface area contributed by atoms with E-state index < -0.39 is 5.60 Å². The van der Waals surface area contributed by atoms with E-state index in [1.54, 1.807) is 0 Å². The predicted octanol–water partition coefficient (Wildman–Crippen LogP) is 2.81. The Morgan fingerprint density at radius 2 is 2.04 bits per heavy atom. The molecule has 1 amide bonds. The number of carbonyl (C=O) groups is 1. The molecule has 1 aliphatic rings. The first kappa shape index (κ1) is 25.0. The normalized spacial score (nSPS) is 14.8. The number of amides is 1. The van der Waals surface area contributed by atoms with Crippen LogP contribution in [0, 0.1) is 0 Å². The number of hydrogen-bond acceptors (Lipinski definition) is 4. The van der Waals surface area contributed by atoms with Gasteiger partial charge in [0.15, 0.2) is 5.96 Å². The number of halogens is 1. The maximum Gasteiger partial charge on any atom is 0.407 e. The van der Waals surface area contributed by atoms with Crippen molar-refractivity contribution >= 4 is 36.0 Å². The highest BCUT2D eigenvalue weighted by atomic mass is 127. The third kappa shape index (κ3) is 13.2. The van der Waals surface area contributed by atoms with Crippen molar-refractivity contribution in [2.75, 3.05) is 39.4 Å². The second kappa shape index (κ2) is 14.1. The molecule has 8 heteroatoms. The van der Waals surface area contributed by atoms with E-state index in [0.29, 0.717) is 13.1 Å². The molecule has 0 saturated carbocycles. The Morgan fingerprint density at radius 1 is 1.27 bits per heavy atom. The number of carbonyl (C=O) groups excluding carboxylic acids is 1. The average molecular weight is 482 g/mol. The summed E-state index contributed by atoms with van der Waals surface area (Å²) in [5.41, 5.74) is 0.973. The number of alkyl carbamates (subject to hydrolysis) is 1. The van der Waals surface area contributed by atoms with Crippen LogP contribution in [-0.4, -0.2) is 57.0 Å². The molecule has 0 aromatic rings. The highest BCUT2D eigenvalue weighted by molar-refractivity contribution is 14.0. The fourth-order valence-corrected chi connectivity index (χ4v) is 2.25. The van der Waals surface area contributed by atoms with Crippen molar-refractivity contribution in [3.8, 4) is 0 Å². The maximum atomic E-state index is 11.5. The minimum absolute atomic E-state index is 0. The van der Waals surface area contributed by atoms with Gasteiger partial charge in [0.05, 0.1) is 13.2 Å². The number of hydrogen-bond donors (Lipinski definition) is 3. The lowest BCUT2D eigenvalue weighted by Crippen LogP contribution is -2.38. The maximum absolute atomic E-state index is 11.5. The third-order valence-electron chi connectivity index (χ3n) is 3.41. The molecule has 0 aliphatic carbocycles. The Labute approximate surface area is 174 Å².